The maximum atomic E-state index is 6.62. The number of benzene rings is 1. The highest BCUT2D eigenvalue weighted by Gasteiger charge is 2.39. The summed E-state index contributed by atoms with van der Waals surface area (Å²) in [5, 5.41) is 0. The molecule has 0 fully saturated rings. The lowest BCUT2D eigenvalue weighted by Crippen LogP contribution is -2.18. The Bertz CT molecular complexity index is 1350. The number of aliphatic imine (C=N–C) groups is 1. The summed E-state index contributed by atoms with van der Waals surface area (Å²) in [5.74, 6) is 0.670. The minimum absolute atomic E-state index is 0.0580. The second-order valence-electron chi connectivity index (χ2n) is 11.5. The zero-order chi connectivity index (χ0) is 26.7. The standard InChI is InChI=1S/C36H42N2/c1-5-14-29(34(26-15-8-6-9-16-26)38-35(37)27-17-10-7-11-18-27)23-25(2)28-21-22-31-30-19-12-13-20-32(30)36(3,4)33(31)24-28/h5-6,8-9,13-17,20,23-24,34H,2,7,10-12,18-19,21-22H2,1,3-4H3,(H2,37,38)/b14-5-,29-23+. The van der Waals surface area contributed by atoms with Gasteiger partial charge in [-0.05, 0) is 115 Å². The molecule has 0 spiro atoms. The Kier molecular flexibility index (Phi) is 7.70. The van der Waals surface area contributed by atoms with Crippen molar-refractivity contribution in [3.63, 3.8) is 0 Å². The number of hydrogen-bond acceptors (Lipinski definition) is 1. The van der Waals surface area contributed by atoms with Crippen molar-refractivity contribution < 1.29 is 0 Å². The van der Waals surface area contributed by atoms with Gasteiger partial charge in [-0.1, -0.05) is 87.2 Å². The zero-order valence-corrected chi connectivity index (χ0v) is 23.4. The van der Waals surface area contributed by atoms with E-state index in [1.165, 1.54) is 41.6 Å². The van der Waals surface area contributed by atoms with E-state index in [4.69, 9.17) is 10.7 Å². The molecular weight excluding hydrogens is 460 g/mol. The average Bonchev–Trinajstić information content (AvgIpc) is 3.18. The summed E-state index contributed by atoms with van der Waals surface area (Å²) >= 11 is 0. The van der Waals surface area contributed by atoms with Crippen LogP contribution in [0.15, 0.2) is 129 Å². The molecule has 196 valence electrons. The summed E-state index contributed by atoms with van der Waals surface area (Å²) in [6.45, 7) is 11.4. The van der Waals surface area contributed by atoms with Gasteiger partial charge in [0, 0.05) is 5.41 Å². The minimum Gasteiger partial charge on any atom is -0.384 e. The Hall–Kier alpha value is -3.39. The molecule has 2 heteroatoms. The van der Waals surface area contributed by atoms with Gasteiger partial charge in [-0.2, -0.15) is 0 Å². The quantitative estimate of drug-likeness (QED) is 0.225. The van der Waals surface area contributed by atoms with Crippen LogP contribution in [0.1, 0.15) is 83.7 Å². The van der Waals surface area contributed by atoms with Crippen molar-refractivity contribution >= 4 is 5.84 Å². The SMILES string of the molecule is C=C(/C=C(\C=C/C)C(/N=C(\N)C1=CCCCC1)c1ccccc1)C1=CC2=C(CC1)C1=C(C=CCC1)C2(C)C. The van der Waals surface area contributed by atoms with Gasteiger partial charge in [0.15, 0.2) is 0 Å². The first-order valence-corrected chi connectivity index (χ1v) is 14.4. The van der Waals surface area contributed by atoms with E-state index in [2.05, 4.69) is 100 Å². The lowest BCUT2D eigenvalue weighted by molar-refractivity contribution is 0.567. The number of fused-ring (bicyclic) bond motifs is 1. The summed E-state index contributed by atoms with van der Waals surface area (Å²) < 4.78 is 0. The lowest BCUT2D eigenvalue weighted by Gasteiger charge is -2.27. The van der Waals surface area contributed by atoms with Crippen molar-refractivity contribution in [2.24, 2.45) is 16.1 Å². The van der Waals surface area contributed by atoms with Gasteiger partial charge in [-0.15, -0.1) is 0 Å². The van der Waals surface area contributed by atoms with Crippen molar-refractivity contribution in [2.45, 2.75) is 78.2 Å². The first kappa shape index (κ1) is 26.2. The second-order valence-corrected chi connectivity index (χ2v) is 11.5. The third-order valence-electron chi connectivity index (χ3n) is 8.60. The average molecular weight is 503 g/mol. The molecule has 1 unspecified atom stereocenters. The van der Waals surface area contributed by atoms with E-state index in [0.29, 0.717) is 5.84 Å². The Morgan fingerprint density at radius 3 is 2.50 bits per heavy atom. The highest BCUT2D eigenvalue weighted by Crippen LogP contribution is 2.54. The third-order valence-corrected chi connectivity index (χ3v) is 8.60. The van der Waals surface area contributed by atoms with Crippen LogP contribution in [-0.4, -0.2) is 5.84 Å². The Morgan fingerprint density at radius 2 is 1.76 bits per heavy atom. The summed E-state index contributed by atoms with van der Waals surface area (Å²) in [5.41, 5.74) is 18.7. The van der Waals surface area contributed by atoms with Gasteiger partial charge in [0.25, 0.3) is 0 Å². The molecule has 0 aliphatic heterocycles. The lowest BCUT2D eigenvalue weighted by atomic mass is 9.76. The fourth-order valence-corrected chi connectivity index (χ4v) is 6.53. The molecule has 4 aliphatic carbocycles. The van der Waals surface area contributed by atoms with E-state index < -0.39 is 0 Å². The number of hydrogen-bond donors (Lipinski definition) is 1. The van der Waals surface area contributed by atoms with Gasteiger partial charge in [-0.3, -0.25) is 4.99 Å². The molecule has 5 rings (SSSR count). The molecule has 4 aliphatic rings. The van der Waals surface area contributed by atoms with Crippen LogP contribution in [-0.2, 0) is 0 Å². The predicted octanol–water partition coefficient (Wildman–Crippen LogP) is 9.35. The summed E-state index contributed by atoms with van der Waals surface area (Å²) in [7, 11) is 0. The monoisotopic (exact) mass is 502 g/mol. The second kappa shape index (κ2) is 11.2. The Labute approximate surface area is 229 Å². The predicted molar refractivity (Wildman–Crippen MR) is 163 cm³/mol. The van der Waals surface area contributed by atoms with Gasteiger partial charge in [0.2, 0.25) is 0 Å². The molecule has 0 saturated heterocycles. The molecule has 0 saturated carbocycles. The summed E-state index contributed by atoms with van der Waals surface area (Å²) in [4.78, 5) is 5.14. The fourth-order valence-electron chi connectivity index (χ4n) is 6.53. The van der Waals surface area contributed by atoms with Gasteiger partial charge in [-0.25, -0.2) is 0 Å². The van der Waals surface area contributed by atoms with E-state index in [-0.39, 0.29) is 11.5 Å². The molecule has 2 N–H and O–H groups in total. The number of nitrogens with zero attached hydrogens (tertiary/aromatic N) is 1. The van der Waals surface area contributed by atoms with Crippen molar-refractivity contribution in [3.05, 3.63) is 130 Å². The normalized spacial score (nSPS) is 22.3. The summed E-state index contributed by atoms with van der Waals surface area (Å²) in [6.07, 6.45) is 24.9. The van der Waals surface area contributed by atoms with Crippen LogP contribution in [0.2, 0.25) is 0 Å². The number of nitrogens with two attached hydrogens (primary N) is 1. The van der Waals surface area contributed by atoms with Gasteiger partial charge in [0.1, 0.15) is 11.9 Å². The molecule has 2 nitrogen and oxygen atoms in total. The largest absolute Gasteiger partial charge is 0.384 e. The molecule has 38 heavy (non-hydrogen) atoms. The zero-order valence-electron chi connectivity index (χ0n) is 23.4. The Morgan fingerprint density at radius 1 is 0.974 bits per heavy atom. The third kappa shape index (κ3) is 5.14. The fraction of sp³-hybridized carbons (Fsp3) is 0.361. The first-order valence-electron chi connectivity index (χ1n) is 14.4. The maximum Gasteiger partial charge on any atom is 0.122 e. The molecule has 0 aromatic heterocycles. The molecule has 0 amide bonds. The highest BCUT2D eigenvalue weighted by molar-refractivity contribution is 5.97. The van der Waals surface area contributed by atoms with Gasteiger partial charge in [0.05, 0.1) is 0 Å². The van der Waals surface area contributed by atoms with E-state index >= 15 is 0 Å². The van der Waals surface area contributed by atoms with Crippen molar-refractivity contribution in [1.82, 2.24) is 0 Å². The first-order chi connectivity index (χ1) is 18.4. The van der Waals surface area contributed by atoms with E-state index in [1.54, 1.807) is 11.1 Å². The summed E-state index contributed by atoms with van der Waals surface area (Å²) in [6, 6.07) is 10.3. The van der Waals surface area contributed by atoms with E-state index in [1.807, 2.05) is 0 Å². The molecular formula is C36H42N2. The highest BCUT2D eigenvalue weighted by atomic mass is 14.9. The number of amidine groups is 1. The van der Waals surface area contributed by atoms with Crippen molar-refractivity contribution in [2.75, 3.05) is 0 Å². The smallest absolute Gasteiger partial charge is 0.122 e. The maximum absolute atomic E-state index is 6.62. The van der Waals surface area contributed by atoms with Crippen LogP contribution < -0.4 is 5.73 Å². The van der Waals surface area contributed by atoms with Crippen LogP contribution in [0.5, 0.6) is 0 Å². The molecule has 0 heterocycles. The molecule has 1 aromatic rings. The van der Waals surface area contributed by atoms with Gasteiger partial charge >= 0.3 is 0 Å². The van der Waals surface area contributed by atoms with Crippen LogP contribution in [0.3, 0.4) is 0 Å². The molecule has 0 radical (unpaired) electrons. The van der Waals surface area contributed by atoms with Crippen LogP contribution in [0, 0.1) is 5.41 Å². The van der Waals surface area contributed by atoms with Crippen LogP contribution in [0.4, 0.5) is 0 Å². The topological polar surface area (TPSA) is 38.4 Å². The molecule has 1 atom stereocenters. The van der Waals surface area contributed by atoms with E-state index in [9.17, 15) is 0 Å². The van der Waals surface area contributed by atoms with Crippen LogP contribution in [0.25, 0.3) is 0 Å². The minimum atomic E-state index is -0.173. The van der Waals surface area contributed by atoms with E-state index in [0.717, 1.165) is 48.8 Å². The molecule has 0 bridgehead atoms. The molecule has 1 aromatic carbocycles. The Balaban J connectivity index is 1.50. The van der Waals surface area contributed by atoms with Gasteiger partial charge < -0.3 is 5.73 Å². The van der Waals surface area contributed by atoms with Crippen LogP contribution >= 0.6 is 0 Å². The number of rotatable bonds is 7. The van der Waals surface area contributed by atoms with Crippen molar-refractivity contribution in [1.29, 1.82) is 0 Å². The van der Waals surface area contributed by atoms with Crippen molar-refractivity contribution in [3.8, 4) is 0 Å². The number of allylic oxidation sites excluding steroid dienone is 12.